The average Bonchev–Trinajstić information content (AvgIpc) is 3.37. The number of aromatic nitrogens is 2. The second-order valence-electron chi connectivity index (χ2n) is 9.56. The van der Waals surface area contributed by atoms with Gasteiger partial charge in [-0.1, -0.05) is 25.0 Å². The van der Waals surface area contributed by atoms with Gasteiger partial charge in [-0.2, -0.15) is 5.10 Å². The standard InChI is InChI=1S/C28H32N4O4S/c1-5-23-24-10-9-19(16-36-28(35)29-15-21-12-18(3)31-32(21)4)13-25(24)37-27(23)30-26(34)11-17(2)20-7-6-8-22(33)14-20/h1,6-8,12,14,17,19,33H,9-11,13,15-16H2,2-4H3,(H,29,35)(H,30,34). The maximum absolute atomic E-state index is 12.8. The van der Waals surface area contributed by atoms with Crippen molar-refractivity contribution in [3.63, 3.8) is 0 Å². The monoisotopic (exact) mass is 520 g/mol. The summed E-state index contributed by atoms with van der Waals surface area (Å²) in [7, 11) is 1.84. The second kappa shape index (κ2) is 11.5. The third-order valence-electron chi connectivity index (χ3n) is 6.66. The fourth-order valence-corrected chi connectivity index (χ4v) is 6.02. The highest BCUT2D eigenvalue weighted by atomic mass is 32.1. The summed E-state index contributed by atoms with van der Waals surface area (Å²) in [6.45, 7) is 4.54. The highest BCUT2D eigenvalue weighted by Gasteiger charge is 2.27. The summed E-state index contributed by atoms with van der Waals surface area (Å²) in [6.07, 6.45) is 8.04. The van der Waals surface area contributed by atoms with Crippen LogP contribution >= 0.6 is 11.3 Å². The summed E-state index contributed by atoms with van der Waals surface area (Å²) in [5.41, 5.74) is 4.57. The Morgan fingerprint density at radius 2 is 2.19 bits per heavy atom. The van der Waals surface area contributed by atoms with E-state index in [2.05, 4.69) is 21.7 Å². The molecule has 194 valence electrons. The summed E-state index contributed by atoms with van der Waals surface area (Å²) >= 11 is 1.51. The molecule has 0 saturated heterocycles. The quantitative estimate of drug-likeness (QED) is 0.375. The van der Waals surface area contributed by atoms with Crippen LogP contribution in [0, 0.1) is 25.2 Å². The molecule has 0 bridgehead atoms. The Morgan fingerprint density at radius 1 is 1.38 bits per heavy atom. The molecule has 2 atom stereocenters. The lowest BCUT2D eigenvalue weighted by molar-refractivity contribution is -0.116. The highest BCUT2D eigenvalue weighted by molar-refractivity contribution is 7.16. The molecule has 0 aliphatic heterocycles. The van der Waals surface area contributed by atoms with E-state index in [-0.39, 0.29) is 29.9 Å². The summed E-state index contributed by atoms with van der Waals surface area (Å²) in [5.74, 6) is 2.97. The maximum atomic E-state index is 12.8. The number of hydrogen-bond acceptors (Lipinski definition) is 6. The van der Waals surface area contributed by atoms with E-state index < -0.39 is 6.09 Å². The summed E-state index contributed by atoms with van der Waals surface area (Å²) < 4.78 is 7.22. The van der Waals surface area contributed by atoms with Gasteiger partial charge in [0, 0.05) is 18.3 Å². The van der Waals surface area contributed by atoms with Crippen LogP contribution in [-0.4, -0.2) is 33.5 Å². The van der Waals surface area contributed by atoms with E-state index in [4.69, 9.17) is 11.2 Å². The average molecular weight is 521 g/mol. The first-order chi connectivity index (χ1) is 17.7. The first-order valence-corrected chi connectivity index (χ1v) is 13.1. The lowest BCUT2D eigenvalue weighted by atomic mass is 9.87. The molecule has 2 aromatic heterocycles. The van der Waals surface area contributed by atoms with Crippen molar-refractivity contribution in [3.8, 4) is 18.1 Å². The number of hydrogen-bond donors (Lipinski definition) is 3. The van der Waals surface area contributed by atoms with Crippen LogP contribution in [0.3, 0.4) is 0 Å². The van der Waals surface area contributed by atoms with Crippen molar-refractivity contribution in [1.82, 2.24) is 15.1 Å². The molecular formula is C28H32N4O4S. The summed E-state index contributed by atoms with van der Waals surface area (Å²) in [5, 5.41) is 20.5. The largest absolute Gasteiger partial charge is 0.508 e. The van der Waals surface area contributed by atoms with Crippen molar-refractivity contribution >= 4 is 28.3 Å². The van der Waals surface area contributed by atoms with Gasteiger partial charge in [-0.15, -0.1) is 17.8 Å². The third-order valence-corrected chi connectivity index (χ3v) is 7.83. The number of rotatable bonds is 8. The number of benzene rings is 1. The van der Waals surface area contributed by atoms with Crippen molar-refractivity contribution in [2.75, 3.05) is 11.9 Å². The Bertz CT molecular complexity index is 1340. The number of ether oxygens (including phenoxy) is 1. The topological polar surface area (TPSA) is 105 Å². The first kappa shape index (κ1) is 26.3. The van der Waals surface area contributed by atoms with Crippen LogP contribution in [-0.2, 0) is 36.0 Å². The van der Waals surface area contributed by atoms with E-state index in [1.165, 1.54) is 11.3 Å². The normalized spacial score (nSPS) is 15.4. The number of phenols is 1. The van der Waals surface area contributed by atoms with E-state index in [0.717, 1.165) is 52.2 Å². The smallest absolute Gasteiger partial charge is 0.407 e. The lowest BCUT2D eigenvalue weighted by Crippen LogP contribution is -2.28. The molecule has 2 amide bonds. The molecular weight excluding hydrogens is 488 g/mol. The molecule has 9 heteroatoms. The minimum atomic E-state index is -0.450. The van der Waals surface area contributed by atoms with Gasteiger partial charge in [0.25, 0.3) is 0 Å². The number of fused-ring (bicyclic) bond motifs is 1. The predicted molar refractivity (Wildman–Crippen MR) is 144 cm³/mol. The maximum Gasteiger partial charge on any atom is 0.407 e. The Kier molecular flexibility index (Phi) is 8.19. The number of nitrogens with one attached hydrogen (secondary N) is 2. The van der Waals surface area contributed by atoms with Crippen LogP contribution in [0.4, 0.5) is 9.80 Å². The van der Waals surface area contributed by atoms with Gasteiger partial charge >= 0.3 is 6.09 Å². The van der Waals surface area contributed by atoms with Gasteiger partial charge in [0.2, 0.25) is 5.91 Å². The van der Waals surface area contributed by atoms with E-state index >= 15 is 0 Å². The summed E-state index contributed by atoms with van der Waals surface area (Å²) in [4.78, 5) is 26.1. The van der Waals surface area contributed by atoms with Crippen LogP contribution in [0.15, 0.2) is 30.3 Å². The number of aryl methyl sites for hydroxylation is 2. The van der Waals surface area contributed by atoms with Gasteiger partial charge in [0.15, 0.2) is 0 Å². The van der Waals surface area contributed by atoms with Gasteiger partial charge in [-0.05, 0) is 67.3 Å². The molecule has 8 nitrogen and oxygen atoms in total. The molecule has 4 rings (SSSR count). The van der Waals surface area contributed by atoms with Gasteiger partial charge in [0.05, 0.1) is 30.1 Å². The van der Waals surface area contributed by atoms with Gasteiger partial charge in [-0.3, -0.25) is 9.48 Å². The number of carbonyl (C=O) groups is 2. The predicted octanol–water partition coefficient (Wildman–Crippen LogP) is 4.64. The molecule has 1 aliphatic rings. The van der Waals surface area contributed by atoms with Crippen molar-refractivity contribution in [2.45, 2.75) is 52.0 Å². The van der Waals surface area contributed by atoms with Crippen LogP contribution < -0.4 is 10.6 Å². The van der Waals surface area contributed by atoms with Crippen LogP contribution in [0.5, 0.6) is 5.75 Å². The van der Waals surface area contributed by atoms with E-state index in [1.807, 2.05) is 33.0 Å². The minimum Gasteiger partial charge on any atom is -0.508 e. The zero-order valence-electron chi connectivity index (χ0n) is 21.3. The number of terminal acetylenes is 1. The lowest BCUT2D eigenvalue weighted by Gasteiger charge is -2.22. The number of anilines is 1. The van der Waals surface area contributed by atoms with Crippen molar-refractivity contribution in [3.05, 3.63) is 63.3 Å². The molecule has 2 heterocycles. The van der Waals surface area contributed by atoms with Crippen LogP contribution in [0.2, 0.25) is 0 Å². The molecule has 0 fully saturated rings. The zero-order chi connectivity index (χ0) is 26.5. The van der Waals surface area contributed by atoms with E-state index in [0.29, 0.717) is 18.2 Å². The van der Waals surface area contributed by atoms with Crippen LogP contribution in [0.25, 0.3) is 0 Å². The van der Waals surface area contributed by atoms with E-state index in [1.54, 1.807) is 22.9 Å². The molecule has 37 heavy (non-hydrogen) atoms. The Hall–Kier alpha value is -3.77. The minimum absolute atomic E-state index is 0.0504. The number of aromatic hydroxyl groups is 1. The van der Waals surface area contributed by atoms with Gasteiger partial charge in [-0.25, -0.2) is 4.79 Å². The summed E-state index contributed by atoms with van der Waals surface area (Å²) in [6, 6.07) is 8.88. The Balaban J connectivity index is 1.31. The molecule has 1 aliphatic carbocycles. The zero-order valence-corrected chi connectivity index (χ0v) is 22.2. The van der Waals surface area contributed by atoms with E-state index in [9.17, 15) is 14.7 Å². The fraction of sp³-hybridized carbons (Fsp3) is 0.393. The van der Waals surface area contributed by atoms with Gasteiger partial charge < -0.3 is 20.5 Å². The number of amides is 2. The molecule has 0 saturated carbocycles. The fourth-order valence-electron chi connectivity index (χ4n) is 4.68. The molecule has 0 radical (unpaired) electrons. The number of alkyl carbamates (subject to hydrolysis) is 1. The van der Waals surface area contributed by atoms with Crippen molar-refractivity contribution < 1.29 is 19.4 Å². The Labute approximate surface area is 221 Å². The number of phenolic OH excluding ortho intramolecular Hbond substituents is 1. The molecule has 2 unspecified atom stereocenters. The molecule has 3 aromatic rings. The SMILES string of the molecule is C#Cc1c(NC(=O)CC(C)c2cccc(O)c2)sc2c1CCC(COC(=O)NCc1cc(C)nn1C)C2. The van der Waals surface area contributed by atoms with Crippen molar-refractivity contribution in [2.24, 2.45) is 13.0 Å². The number of nitrogens with zero attached hydrogens (tertiary/aromatic N) is 2. The second-order valence-corrected chi connectivity index (χ2v) is 10.7. The Morgan fingerprint density at radius 3 is 2.89 bits per heavy atom. The van der Waals surface area contributed by atoms with Gasteiger partial charge in [0.1, 0.15) is 10.8 Å². The molecule has 0 spiro atoms. The van der Waals surface area contributed by atoms with Crippen molar-refractivity contribution in [1.29, 1.82) is 0 Å². The third kappa shape index (κ3) is 6.52. The highest BCUT2D eigenvalue weighted by Crippen LogP contribution is 2.39. The number of carbonyl (C=O) groups excluding carboxylic acids is 2. The molecule has 1 aromatic carbocycles. The van der Waals surface area contributed by atoms with Crippen LogP contribution in [0.1, 0.15) is 58.6 Å². The first-order valence-electron chi connectivity index (χ1n) is 12.3. The molecule has 3 N–H and O–H groups in total. The number of thiophene rings is 1.